The van der Waals surface area contributed by atoms with Gasteiger partial charge in [-0.3, -0.25) is 0 Å². The first kappa shape index (κ1) is 13.4. The maximum absolute atomic E-state index is 13.2. The van der Waals surface area contributed by atoms with Crippen LogP contribution < -0.4 is 10.5 Å². The molecule has 0 saturated carbocycles. The van der Waals surface area contributed by atoms with Crippen molar-refractivity contribution in [3.05, 3.63) is 63.9 Å². The van der Waals surface area contributed by atoms with Gasteiger partial charge in [0.05, 0.1) is 0 Å². The third-order valence-electron chi connectivity index (χ3n) is 3.64. The molecule has 0 amide bonds. The molecule has 104 valence electrons. The predicted octanol–water partition coefficient (Wildman–Crippen LogP) is 4.00. The summed E-state index contributed by atoms with van der Waals surface area (Å²) in [6.45, 7) is 0.251. The highest BCUT2D eigenvalue weighted by molar-refractivity contribution is 6.31. The van der Waals surface area contributed by atoms with E-state index in [-0.39, 0.29) is 18.5 Å². The van der Waals surface area contributed by atoms with Crippen LogP contribution in [-0.2, 0) is 13.0 Å². The van der Waals surface area contributed by atoms with Gasteiger partial charge in [0.2, 0.25) is 0 Å². The first-order valence-corrected chi connectivity index (χ1v) is 6.96. The second kappa shape index (κ2) is 5.43. The van der Waals surface area contributed by atoms with E-state index in [0.29, 0.717) is 10.6 Å². The zero-order valence-corrected chi connectivity index (χ0v) is 11.7. The van der Waals surface area contributed by atoms with Crippen LogP contribution in [0.2, 0.25) is 5.02 Å². The summed E-state index contributed by atoms with van der Waals surface area (Å²) in [7, 11) is 0. The maximum atomic E-state index is 13.2. The summed E-state index contributed by atoms with van der Waals surface area (Å²) in [4.78, 5) is 0. The molecule has 0 spiro atoms. The summed E-state index contributed by atoms with van der Waals surface area (Å²) in [5, 5.41) is 0.509. The van der Waals surface area contributed by atoms with E-state index in [1.807, 2.05) is 18.2 Å². The molecular weight excluding hydrogens is 277 g/mol. The van der Waals surface area contributed by atoms with Crippen molar-refractivity contribution in [1.82, 2.24) is 0 Å². The van der Waals surface area contributed by atoms with Gasteiger partial charge in [0.15, 0.2) is 0 Å². The second-order valence-electron chi connectivity index (χ2n) is 5.03. The molecule has 0 heterocycles. The Morgan fingerprint density at radius 2 is 2.10 bits per heavy atom. The van der Waals surface area contributed by atoms with E-state index >= 15 is 0 Å². The molecule has 0 aromatic heterocycles. The molecule has 20 heavy (non-hydrogen) atoms. The van der Waals surface area contributed by atoms with Crippen LogP contribution in [0.1, 0.15) is 29.2 Å². The van der Waals surface area contributed by atoms with Crippen LogP contribution in [0.4, 0.5) is 4.39 Å². The number of aryl methyl sites for hydroxylation is 1. The lowest BCUT2D eigenvalue weighted by Gasteiger charge is -2.10. The largest absolute Gasteiger partial charge is 0.489 e. The fourth-order valence-electron chi connectivity index (χ4n) is 2.53. The van der Waals surface area contributed by atoms with Crippen molar-refractivity contribution in [2.75, 3.05) is 0 Å². The number of halogens is 2. The molecule has 2 aromatic carbocycles. The lowest BCUT2D eigenvalue weighted by molar-refractivity contribution is 0.305. The number of fused-ring (bicyclic) bond motifs is 1. The standard InChI is InChI=1S/C16H15ClFNO/c17-15-5-2-12(18)7-11(15)9-20-13-3-4-14-10(8-13)1-6-16(14)19/h2-5,7-8,16H,1,6,9,19H2. The molecule has 0 radical (unpaired) electrons. The Balaban J connectivity index is 1.74. The van der Waals surface area contributed by atoms with E-state index in [0.717, 1.165) is 18.6 Å². The predicted molar refractivity (Wildman–Crippen MR) is 77.4 cm³/mol. The van der Waals surface area contributed by atoms with Gasteiger partial charge in [-0.2, -0.15) is 0 Å². The van der Waals surface area contributed by atoms with Gasteiger partial charge in [-0.1, -0.05) is 17.7 Å². The van der Waals surface area contributed by atoms with Gasteiger partial charge in [0, 0.05) is 16.6 Å². The molecule has 3 rings (SSSR count). The van der Waals surface area contributed by atoms with Gasteiger partial charge in [-0.25, -0.2) is 4.39 Å². The van der Waals surface area contributed by atoms with E-state index in [2.05, 4.69) is 0 Å². The fraction of sp³-hybridized carbons (Fsp3) is 0.250. The third kappa shape index (κ3) is 2.65. The monoisotopic (exact) mass is 291 g/mol. The number of benzene rings is 2. The quantitative estimate of drug-likeness (QED) is 0.927. The summed E-state index contributed by atoms with van der Waals surface area (Å²) in [6.07, 6.45) is 1.96. The number of nitrogens with two attached hydrogens (primary N) is 1. The van der Waals surface area contributed by atoms with Gasteiger partial charge in [-0.15, -0.1) is 0 Å². The van der Waals surface area contributed by atoms with Gasteiger partial charge in [0.25, 0.3) is 0 Å². The van der Waals surface area contributed by atoms with Crippen molar-refractivity contribution in [3.63, 3.8) is 0 Å². The van der Waals surface area contributed by atoms with Crippen LogP contribution in [0.15, 0.2) is 36.4 Å². The molecular formula is C16H15ClFNO. The van der Waals surface area contributed by atoms with Gasteiger partial charge >= 0.3 is 0 Å². The van der Waals surface area contributed by atoms with Crippen LogP contribution in [-0.4, -0.2) is 0 Å². The first-order valence-electron chi connectivity index (χ1n) is 6.58. The van der Waals surface area contributed by atoms with Gasteiger partial charge < -0.3 is 10.5 Å². The highest BCUT2D eigenvalue weighted by Crippen LogP contribution is 2.32. The van der Waals surface area contributed by atoms with Crippen molar-refractivity contribution in [1.29, 1.82) is 0 Å². The topological polar surface area (TPSA) is 35.2 Å². The molecule has 1 aliphatic carbocycles. The van der Waals surface area contributed by atoms with Crippen LogP contribution in [0, 0.1) is 5.82 Å². The highest BCUT2D eigenvalue weighted by atomic mass is 35.5. The van der Waals surface area contributed by atoms with Crippen molar-refractivity contribution in [2.45, 2.75) is 25.5 Å². The first-order chi connectivity index (χ1) is 9.63. The Bertz CT molecular complexity index is 644. The lowest BCUT2D eigenvalue weighted by Crippen LogP contribution is -2.05. The Hall–Kier alpha value is -1.58. The number of ether oxygens (including phenoxy) is 1. The van der Waals surface area contributed by atoms with Crippen LogP contribution in [0.5, 0.6) is 5.75 Å². The highest BCUT2D eigenvalue weighted by Gasteiger charge is 2.19. The van der Waals surface area contributed by atoms with Crippen molar-refractivity contribution in [2.24, 2.45) is 5.73 Å². The second-order valence-corrected chi connectivity index (χ2v) is 5.44. The summed E-state index contributed by atoms with van der Waals surface area (Å²) in [6, 6.07) is 10.3. The van der Waals surface area contributed by atoms with Gasteiger partial charge in [-0.05, 0) is 54.3 Å². The smallest absolute Gasteiger partial charge is 0.123 e. The number of rotatable bonds is 3. The molecule has 1 aliphatic rings. The zero-order chi connectivity index (χ0) is 14.1. The molecule has 4 heteroatoms. The molecule has 0 fully saturated rings. The summed E-state index contributed by atoms with van der Waals surface area (Å²) in [5.41, 5.74) is 9.07. The van der Waals surface area contributed by atoms with E-state index in [1.54, 1.807) is 0 Å². The molecule has 0 saturated heterocycles. The molecule has 1 unspecified atom stereocenters. The van der Waals surface area contributed by atoms with E-state index in [4.69, 9.17) is 22.1 Å². The normalized spacial score (nSPS) is 17.1. The minimum atomic E-state index is -0.312. The molecule has 0 aliphatic heterocycles. The SMILES string of the molecule is NC1CCc2cc(OCc3cc(F)ccc3Cl)ccc21. The van der Waals surface area contributed by atoms with Crippen LogP contribution in [0.3, 0.4) is 0 Å². The van der Waals surface area contributed by atoms with Crippen LogP contribution >= 0.6 is 11.6 Å². The maximum Gasteiger partial charge on any atom is 0.123 e. The van der Waals surface area contributed by atoms with E-state index in [9.17, 15) is 4.39 Å². The number of hydrogen-bond acceptors (Lipinski definition) is 2. The minimum Gasteiger partial charge on any atom is -0.489 e. The average molecular weight is 292 g/mol. The van der Waals surface area contributed by atoms with Gasteiger partial charge in [0.1, 0.15) is 18.2 Å². The Morgan fingerprint density at radius 1 is 1.25 bits per heavy atom. The Morgan fingerprint density at radius 3 is 2.95 bits per heavy atom. The molecule has 2 nitrogen and oxygen atoms in total. The van der Waals surface area contributed by atoms with Crippen LogP contribution in [0.25, 0.3) is 0 Å². The fourth-order valence-corrected chi connectivity index (χ4v) is 2.70. The van der Waals surface area contributed by atoms with Crippen molar-refractivity contribution >= 4 is 11.6 Å². The van der Waals surface area contributed by atoms with E-state index in [1.165, 1.54) is 29.3 Å². The lowest BCUT2D eigenvalue weighted by atomic mass is 10.1. The zero-order valence-electron chi connectivity index (χ0n) is 10.9. The Kier molecular flexibility index (Phi) is 3.64. The van der Waals surface area contributed by atoms with Crippen molar-refractivity contribution in [3.8, 4) is 5.75 Å². The average Bonchev–Trinajstić information content (AvgIpc) is 2.81. The molecule has 0 bridgehead atoms. The molecule has 2 N–H and O–H groups in total. The number of hydrogen-bond donors (Lipinski definition) is 1. The minimum absolute atomic E-state index is 0.136. The summed E-state index contributed by atoms with van der Waals surface area (Å²) >= 11 is 6.01. The van der Waals surface area contributed by atoms with E-state index < -0.39 is 0 Å². The molecule has 1 atom stereocenters. The summed E-state index contributed by atoms with van der Waals surface area (Å²) < 4.78 is 18.9. The summed E-state index contributed by atoms with van der Waals surface area (Å²) in [5.74, 6) is 0.450. The third-order valence-corrected chi connectivity index (χ3v) is 4.01. The molecule has 2 aromatic rings. The van der Waals surface area contributed by atoms with Crippen molar-refractivity contribution < 1.29 is 9.13 Å². The Labute approximate surface area is 122 Å².